The number of nitrogens with zero attached hydrogens (tertiary/aromatic N) is 3. The van der Waals surface area contributed by atoms with Crippen LogP contribution in [0.2, 0.25) is 0 Å². The van der Waals surface area contributed by atoms with Crippen LogP contribution in [-0.2, 0) is 9.53 Å². The Hall–Kier alpha value is -2.67. The Balaban J connectivity index is 1.76. The molecular formula is C20H24FN3O3. The summed E-state index contributed by atoms with van der Waals surface area (Å²) in [7, 11) is 1.49. The van der Waals surface area contributed by atoms with Gasteiger partial charge >= 0.3 is 0 Å². The number of halogens is 1. The Kier molecular flexibility index (Phi) is 5.60. The molecule has 3 rings (SSSR count). The van der Waals surface area contributed by atoms with Crippen LogP contribution in [0.15, 0.2) is 30.3 Å². The summed E-state index contributed by atoms with van der Waals surface area (Å²) in [5, 5.41) is 0. The van der Waals surface area contributed by atoms with Crippen molar-refractivity contribution in [2.75, 3.05) is 39.9 Å². The molecule has 27 heavy (non-hydrogen) atoms. The Morgan fingerprint density at radius 2 is 1.63 bits per heavy atom. The number of hydrogen-bond acceptors (Lipinski definition) is 3. The van der Waals surface area contributed by atoms with Gasteiger partial charge in [-0.15, -0.1) is 0 Å². The summed E-state index contributed by atoms with van der Waals surface area (Å²) in [6.45, 7) is 5.88. The van der Waals surface area contributed by atoms with E-state index in [1.807, 2.05) is 24.5 Å². The molecule has 0 saturated carbocycles. The van der Waals surface area contributed by atoms with Gasteiger partial charge < -0.3 is 19.1 Å². The lowest BCUT2D eigenvalue weighted by atomic mass is 10.2. The van der Waals surface area contributed by atoms with Crippen molar-refractivity contribution in [3.63, 3.8) is 0 Å². The summed E-state index contributed by atoms with van der Waals surface area (Å²) in [6, 6.07) is 8.08. The molecule has 0 spiro atoms. The second kappa shape index (κ2) is 7.92. The molecule has 2 heterocycles. The van der Waals surface area contributed by atoms with Crippen LogP contribution in [0.25, 0.3) is 5.69 Å². The summed E-state index contributed by atoms with van der Waals surface area (Å²) >= 11 is 0. The van der Waals surface area contributed by atoms with E-state index in [0.29, 0.717) is 31.7 Å². The molecule has 1 aliphatic heterocycles. The predicted molar refractivity (Wildman–Crippen MR) is 99.6 cm³/mol. The van der Waals surface area contributed by atoms with Crippen LogP contribution >= 0.6 is 0 Å². The van der Waals surface area contributed by atoms with Crippen LogP contribution in [0.3, 0.4) is 0 Å². The van der Waals surface area contributed by atoms with Gasteiger partial charge in [-0.1, -0.05) is 0 Å². The normalized spacial score (nSPS) is 14.5. The fourth-order valence-corrected chi connectivity index (χ4v) is 3.51. The summed E-state index contributed by atoms with van der Waals surface area (Å²) in [4.78, 5) is 28.4. The Morgan fingerprint density at radius 3 is 2.22 bits per heavy atom. The highest BCUT2D eigenvalue weighted by molar-refractivity contribution is 5.96. The third-order valence-corrected chi connectivity index (χ3v) is 4.93. The molecule has 2 amide bonds. The zero-order valence-electron chi connectivity index (χ0n) is 15.9. The minimum absolute atomic E-state index is 0.0460. The molecule has 2 aromatic rings. The molecule has 1 aliphatic rings. The third kappa shape index (κ3) is 3.88. The van der Waals surface area contributed by atoms with Crippen LogP contribution < -0.4 is 0 Å². The van der Waals surface area contributed by atoms with Crippen molar-refractivity contribution in [3.05, 3.63) is 53.1 Å². The topological polar surface area (TPSA) is 54.8 Å². The van der Waals surface area contributed by atoms with Crippen molar-refractivity contribution in [1.82, 2.24) is 14.4 Å². The number of amides is 2. The van der Waals surface area contributed by atoms with E-state index < -0.39 is 0 Å². The molecule has 0 unspecified atom stereocenters. The molecule has 0 aliphatic carbocycles. The SMILES string of the molecule is COCC(=O)N1CCN(C(=O)c2cc(C)n(-c3ccc(F)cc3)c2C)CC1. The van der Waals surface area contributed by atoms with Crippen molar-refractivity contribution in [2.45, 2.75) is 13.8 Å². The second-order valence-corrected chi connectivity index (χ2v) is 6.70. The first-order valence-corrected chi connectivity index (χ1v) is 8.93. The quantitative estimate of drug-likeness (QED) is 0.825. The predicted octanol–water partition coefficient (Wildman–Crippen LogP) is 2.16. The fraction of sp³-hybridized carbons (Fsp3) is 0.400. The monoisotopic (exact) mass is 373 g/mol. The standard InChI is InChI=1S/C20H24FN3O3/c1-14-12-18(15(2)24(14)17-6-4-16(21)5-7-17)20(26)23-10-8-22(9-11-23)19(25)13-27-3/h4-7,12H,8-11,13H2,1-3H3. The van der Waals surface area contributed by atoms with E-state index in [9.17, 15) is 14.0 Å². The smallest absolute Gasteiger partial charge is 0.255 e. The lowest BCUT2D eigenvalue weighted by Gasteiger charge is -2.34. The Labute approximate surface area is 158 Å². The first-order chi connectivity index (χ1) is 12.9. The number of ether oxygens (including phenoxy) is 1. The number of benzene rings is 1. The zero-order valence-corrected chi connectivity index (χ0v) is 15.9. The average Bonchev–Trinajstić information content (AvgIpc) is 2.96. The summed E-state index contributed by atoms with van der Waals surface area (Å²) < 4.78 is 20.0. The van der Waals surface area contributed by atoms with Crippen molar-refractivity contribution in [3.8, 4) is 5.69 Å². The van der Waals surface area contributed by atoms with E-state index >= 15 is 0 Å². The van der Waals surface area contributed by atoms with Crippen LogP contribution in [-0.4, -0.2) is 66.1 Å². The maximum atomic E-state index is 13.2. The maximum Gasteiger partial charge on any atom is 0.255 e. The van der Waals surface area contributed by atoms with E-state index in [4.69, 9.17) is 4.74 Å². The number of carbonyl (C=O) groups is 2. The number of methoxy groups -OCH3 is 1. The van der Waals surface area contributed by atoms with Gasteiger partial charge in [-0.2, -0.15) is 0 Å². The van der Waals surface area contributed by atoms with Gasteiger partial charge in [-0.25, -0.2) is 4.39 Å². The number of aryl methyl sites for hydroxylation is 1. The molecule has 144 valence electrons. The molecular weight excluding hydrogens is 349 g/mol. The van der Waals surface area contributed by atoms with E-state index in [0.717, 1.165) is 17.1 Å². The average molecular weight is 373 g/mol. The fourth-order valence-electron chi connectivity index (χ4n) is 3.51. The van der Waals surface area contributed by atoms with Gasteiger partial charge in [0.2, 0.25) is 5.91 Å². The number of carbonyl (C=O) groups excluding carboxylic acids is 2. The molecule has 1 aromatic heterocycles. The van der Waals surface area contributed by atoms with Gasteiger partial charge in [0.15, 0.2) is 0 Å². The summed E-state index contributed by atoms with van der Waals surface area (Å²) in [5.41, 5.74) is 3.19. The van der Waals surface area contributed by atoms with Gasteiger partial charge in [0.1, 0.15) is 12.4 Å². The molecule has 6 nitrogen and oxygen atoms in total. The largest absolute Gasteiger partial charge is 0.375 e. The number of aromatic nitrogens is 1. The summed E-state index contributed by atoms with van der Waals surface area (Å²) in [5.74, 6) is -0.396. The Morgan fingerprint density at radius 1 is 1.04 bits per heavy atom. The number of hydrogen-bond donors (Lipinski definition) is 0. The highest BCUT2D eigenvalue weighted by atomic mass is 19.1. The van der Waals surface area contributed by atoms with Crippen LogP contribution in [0.5, 0.6) is 0 Å². The van der Waals surface area contributed by atoms with Crippen LogP contribution in [0.4, 0.5) is 4.39 Å². The maximum absolute atomic E-state index is 13.2. The van der Waals surface area contributed by atoms with Crippen molar-refractivity contribution >= 4 is 11.8 Å². The lowest BCUT2D eigenvalue weighted by molar-refractivity contribution is -0.136. The minimum atomic E-state index is -0.293. The minimum Gasteiger partial charge on any atom is -0.375 e. The molecule has 0 N–H and O–H groups in total. The van der Waals surface area contributed by atoms with E-state index in [1.54, 1.807) is 21.9 Å². The van der Waals surface area contributed by atoms with Gasteiger partial charge in [-0.3, -0.25) is 9.59 Å². The first-order valence-electron chi connectivity index (χ1n) is 8.93. The number of rotatable bonds is 4. The van der Waals surface area contributed by atoms with Crippen molar-refractivity contribution in [1.29, 1.82) is 0 Å². The van der Waals surface area contributed by atoms with E-state index in [1.165, 1.54) is 19.2 Å². The third-order valence-electron chi connectivity index (χ3n) is 4.93. The highest BCUT2D eigenvalue weighted by Crippen LogP contribution is 2.23. The molecule has 1 aromatic carbocycles. The zero-order chi connectivity index (χ0) is 19.6. The van der Waals surface area contributed by atoms with E-state index in [2.05, 4.69) is 0 Å². The first kappa shape index (κ1) is 19.1. The number of piperazine rings is 1. The van der Waals surface area contributed by atoms with Crippen molar-refractivity contribution < 1.29 is 18.7 Å². The van der Waals surface area contributed by atoms with Gasteiger partial charge in [-0.05, 0) is 44.2 Å². The second-order valence-electron chi connectivity index (χ2n) is 6.70. The van der Waals surface area contributed by atoms with Crippen molar-refractivity contribution in [2.24, 2.45) is 0 Å². The van der Waals surface area contributed by atoms with Gasteiger partial charge in [0.05, 0.1) is 5.56 Å². The molecule has 0 bridgehead atoms. The Bertz CT molecular complexity index is 837. The van der Waals surface area contributed by atoms with Gasteiger partial charge in [0, 0.05) is 50.4 Å². The van der Waals surface area contributed by atoms with Crippen LogP contribution in [0.1, 0.15) is 21.7 Å². The molecule has 1 fully saturated rings. The van der Waals surface area contributed by atoms with Gasteiger partial charge in [0.25, 0.3) is 5.91 Å². The lowest BCUT2D eigenvalue weighted by Crippen LogP contribution is -2.51. The molecule has 0 radical (unpaired) electrons. The highest BCUT2D eigenvalue weighted by Gasteiger charge is 2.27. The molecule has 7 heteroatoms. The molecule has 0 atom stereocenters. The van der Waals surface area contributed by atoms with E-state index in [-0.39, 0.29) is 24.2 Å². The molecule has 1 saturated heterocycles. The van der Waals surface area contributed by atoms with Crippen LogP contribution in [0, 0.1) is 19.7 Å². The summed E-state index contributed by atoms with van der Waals surface area (Å²) in [6.07, 6.45) is 0.